The summed E-state index contributed by atoms with van der Waals surface area (Å²) in [7, 11) is 3.83. The number of piperidine rings is 1. The number of carbonyl (C=O) groups excluding carboxylic acids is 1. The zero-order chi connectivity index (χ0) is 18.2. The van der Waals surface area contributed by atoms with Crippen molar-refractivity contribution in [1.29, 1.82) is 0 Å². The van der Waals surface area contributed by atoms with Crippen molar-refractivity contribution >= 4 is 11.9 Å². The molecule has 6 nitrogen and oxygen atoms in total. The summed E-state index contributed by atoms with van der Waals surface area (Å²) in [5, 5.41) is 9.42. The van der Waals surface area contributed by atoms with Crippen molar-refractivity contribution in [3.63, 3.8) is 0 Å². The highest BCUT2D eigenvalue weighted by Gasteiger charge is 2.18. The van der Waals surface area contributed by atoms with Crippen LogP contribution in [0.1, 0.15) is 30.9 Å². The highest BCUT2D eigenvalue weighted by Crippen LogP contribution is 2.13. The average Bonchev–Trinajstić information content (AvgIpc) is 2.57. The van der Waals surface area contributed by atoms with Gasteiger partial charge in [-0.2, -0.15) is 0 Å². The van der Waals surface area contributed by atoms with Crippen LogP contribution >= 0.6 is 0 Å². The molecule has 1 fully saturated rings. The quantitative estimate of drug-likeness (QED) is 0.534. The van der Waals surface area contributed by atoms with E-state index in [1.807, 2.05) is 32.0 Å². The number of rotatable bonds is 6. The first-order valence-electron chi connectivity index (χ1n) is 8.71. The van der Waals surface area contributed by atoms with E-state index >= 15 is 0 Å². The molecule has 1 aliphatic rings. The van der Waals surface area contributed by atoms with Crippen LogP contribution in [0.2, 0.25) is 0 Å². The Bertz CT molecular complexity index is 607. The molecule has 1 amide bonds. The van der Waals surface area contributed by atoms with Gasteiger partial charge in [-0.25, -0.2) is 9.38 Å². The SMILES string of the molecule is CCNC(=NCc1ccc(F)c(CN(C)C)c1)NC1CCC(=O)NC1. The zero-order valence-electron chi connectivity index (χ0n) is 15.2. The molecule has 2 rings (SSSR count). The van der Waals surface area contributed by atoms with Crippen LogP contribution in [0.25, 0.3) is 0 Å². The lowest BCUT2D eigenvalue weighted by Crippen LogP contribution is -2.51. The van der Waals surface area contributed by atoms with Gasteiger partial charge < -0.3 is 20.9 Å². The van der Waals surface area contributed by atoms with Gasteiger partial charge in [-0.05, 0) is 45.1 Å². The maximum atomic E-state index is 13.9. The van der Waals surface area contributed by atoms with Gasteiger partial charge in [0.25, 0.3) is 0 Å². The van der Waals surface area contributed by atoms with Crippen LogP contribution in [0.3, 0.4) is 0 Å². The fourth-order valence-electron chi connectivity index (χ4n) is 2.73. The van der Waals surface area contributed by atoms with E-state index in [1.54, 1.807) is 6.07 Å². The third-order valence-electron chi connectivity index (χ3n) is 3.97. The van der Waals surface area contributed by atoms with Crippen molar-refractivity contribution in [2.24, 2.45) is 4.99 Å². The Kier molecular flexibility index (Phi) is 7.18. The fourth-order valence-corrected chi connectivity index (χ4v) is 2.73. The molecule has 1 aliphatic heterocycles. The Morgan fingerprint density at radius 1 is 1.44 bits per heavy atom. The van der Waals surface area contributed by atoms with Crippen molar-refractivity contribution in [2.75, 3.05) is 27.2 Å². The van der Waals surface area contributed by atoms with Crippen LogP contribution in [0, 0.1) is 5.82 Å². The van der Waals surface area contributed by atoms with E-state index in [9.17, 15) is 9.18 Å². The number of halogens is 1. The molecular weight excluding hydrogens is 321 g/mol. The van der Waals surface area contributed by atoms with E-state index in [2.05, 4.69) is 20.9 Å². The molecule has 0 aromatic heterocycles. The molecule has 1 saturated heterocycles. The molecule has 1 unspecified atom stereocenters. The van der Waals surface area contributed by atoms with E-state index < -0.39 is 0 Å². The monoisotopic (exact) mass is 349 g/mol. The maximum absolute atomic E-state index is 13.9. The molecule has 1 aromatic carbocycles. The number of guanidine groups is 1. The first kappa shape index (κ1) is 19.2. The van der Waals surface area contributed by atoms with Crippen LogP contribution in [-0.4, -0.2) is 50.0 Å². The van der Waals surface area contributed by atoms with Gasteiger partial charge >= 0.3 is 0 Å². The van der Waals surface area contributed by atoms with Gasteiger partial charge in [-0.3, -0.25) is 4.79 Å². The number of amides is 1. The van der Waals surface area contributed by atoms with E-state index in [0.29, 0.717) is 37.6 Å². The number of benzene rings is 1. The van der Waals surface area contributed by atoms with Gasteiger partial charge in [-0.1, -0.05) is 6.07 Å². The molecule has 0 bridgehead atoms. The number of nitrogens with zero attached hydrogens (tertiary/aromatic N) is 2. The summed E-state index contributed by atoms with van der Waals surface area (Å²) in [5.41, 5.74) is 1.64. The highest BCUT2D eigenvalue weighted by atomic mass is 19.1. The molecule has 3 N–H and O–H groups in total. The van der Waals surface area contributed by atoms with Crippen LogP contribution in [0.5, 0.6) is 0 Å². The van der Waals surface area contributed by atoms with Crippen molar-refractivity contribution < 1.29 is 9.18 Å². The largest absolute Gasteiger partial charge is 0.357 e. The second kappa shape index (κ2) is 9.36. The molecule has 7 heteroatoms. The number of carbonyl (C=O) groups is 1. The first-order valence-corrected chi connectivity index (χ1v) is 8.71. The predicted molar refractivity (Wildman–Crippen MR) is 97.8 cm³/mol. The van der Waals surface area contributed by atoms with Gasteiger partial charge in [0.2, 0.25) is 5.91 Å². The number of nitrogens with one attached hydrogen (secondary N) is 3. The van der Waals surface area contributed by atoms with E-state index in [1.165, 1.54) is 6.07 Å². The van der Waals surface area contributed by atoms with Gasteiger partial charge in [-0.15, -0.1) is 0 Å². The van der Waals surface area contributed by atoms with Crippen molar-refractivity contribution in [2.45, 2.75) is 38.9 Å². The standard InChI is InChI=1S/C18H28FN5O/c1-4-20-18(23-15-6-8-17(25)21-11-15)22-10-13-5-7-16(19)14(9-13)12-24(2)3/h5,7,9,15H,4,6,8,10-12H2,1-3H3,(H,21,25)(H2,20,22,23). The summed E-state index contributed by atoms with van der Waals surface area (Å²) in [6, 6.07) is 5.31. The minimum Gasteiger partial charge on any atom is -0.357 e. The summed E-state index contributed by atoms with van der Waals surface area (Å²) in [6.45, 7) is 4.39. The minimum absolute atomic E-state index is 0.0970. The number of hydrogen-bond acceptors (Lipinski definition) is 3. The van der Waals surface area contributed by atoms with Crippen molar-refractivity contribution in [3.8, 4) is 0 Å². The number of aliphatic imine (C=N–C) groups is 1. The minimum atomic E-state index is -0.190. The molecule has 25 heavy (non-hydrogen) atoms. The molecule has 1 heterocycles. The molecular formula is C18H28FN5O. The fraction of sp³-hybridized carbons (Fsp3) is 0.556. The van der Waals surface area contributed by atoms with E-state index in [4.69, 9.17) is 0 Å². The van der Waals surface area contributed by atoms with Gasteiger partial charge in [0, 0.05) is 37.7 Å². The lowest BCUT2D eigenvalue weighted by molar-refractivity contribution is -0.122. The molecule has 0 saturated carbocycles. The van der Waals surface area contributed by atoms with Gasteiger partial charge in [0.1, 0.15) is 5.82 Å². The highest BCUT2D eigenvalue weighted by molar-refractivity contribution is 5.81. The van der Waals surface area contributed by atoms with Gasteiger partial charge in [0.05, 0.1) is 6.54 Å². The summed E-state index contributed by atoms with van der Waals surface area (Å²) < 4.78 is 13.9. The molecule has 0 aliphatic carbocycles. The summed E-state index contributed by atoms with van der Waals surface area (Å²) in [4.78, 5) is 17.8. The zero-order valence-corrected chi connectivity index (χ0v) is 15.2. The number of hydrogen-bond donors (Lipinski definition) is 3. The lowest BCUT2D eigenvalue weighted by Gasteiger charge is -2.25. The Labute approximate surface area is 148 Å². The Balaban J connectivity index is 2.01. The average molecular weight is 349 g/mol. The molecule has 138 valence electrons. The predicted octanol–water partition coefficient (Wildman–Crippen LogP) is 1.22. The second-order valence-electron chi connectivity index (χ2n) is 6.54. The topological polar surface area (TPSA) is 68.8 Å². The molecule has 1 aromatic rings. The Morgan fingerprint density at radius 3 is 2.88 bits per heavy atom. The third kappa shape index (κ3) is 6.34. The summed E-state index contributed by atoms with van der Waals surface area (Å²) in [6.07, 6.45) is 1.32. The lowest BCUT2D eigenvalue weighted by atomic mass is 10.1. The van der Waals surface area contributed by atoms with Crippen LogP contribution in [0.15, 0.2) is 23.2 Å². The van der Waals surface area contributed by atoms with Crippen LogP contribution in [0.4, 0.5) is 4.39 Å². The Hall–Kier alpha value is -2.15. The van der Waals surface area contributed by atoms with Crippen LogP contribution in [-0.2, 0) is 17.9 Å². The molecule has 0 radical (unpaired) electrons. The molecule has 0 spiro atoms. The van der Waals surface area contributed by atoms with Crippen LogP contribution < -0.4 is 16.0 Å². The van der Waals surface area contributed by atoms with Crippen molar-refractivity contribution in [1.82, 2.24) is 20.9 Å². The summed E-state index contributed by atoms with van der Waals surface area (Å²) >= 11 is 0. The Morgan fingerprint density at radius 2 is 2.24 bits per heavy atom. The maximum Gasteiger partial charge on any atom is 0.220 e. The normalized spacial score (nSPS) is 18.2. The van der Waals surface area contributed by atoms with Gasteiger partial charge in [0.15, 0.2) is 5.96 Å². The smallest absolute Gasteiger partial charge is 0.220 e. The summed E-state index contributed by atoms with van der Waals surface area (Å²) in [5.74, 6) is 0.617. The van der Waals surface area contributed by atoms with E-state index in [0.717, 1.165) is 18.5 Å². The third-order valence-corrected chi connectivity index (χ3v) is 3.97. The van der Waals surface area contributed by atoms with E-state index in [-0.39, 0.29) is 17.8 Å². The second-order valence-corrected chi connectivity index (χ2v) is 6.54. The molecule has 1 atom stereocenters. The van der Waals surface area contributed by atoms with Crippen molar-refractivity contribution in [3.05, 3.63) is 35.1 Å². The first-order chi connectivity index (χ1) is 12.0.